The summed E-state index contributed by atoms with van der Waals surface area (Å²) in [5, 5.41) is 0. The first-order valence-corrected chi connectivity index (χ1v) is 8.17. The van der Waals surface area contributed by atoms with Crippen molar-refractivity contribution in [2.45, 2.75) is 79.6 Å². The van der Waals surface area contributed by atoms with Gasteiger partial charge in [-0.1, -0.05) is 41.0 Å². The van der Waals surface area contributed by atoms with Crippen molar-refractivity contribution in [1.29, 1.82) is 0 Å². The summed E-state index contributed by atoms with van der Waals surface area (Å²) < 4.78 is 0. The molecule has 4 rings (SSSR count). The van der Waals surface area contributed by atoms with E-state index in [1.807, 2.05) is 13.8 Å². The van der Waals surface area contributed by atoms with Crippen LogP contribution in [0.4, 0.5) is 0 Å². The lowest BCUT2D eigenvalue weighted by Crippen LogP contribution is -2.38. The van der Waals surface area contributed by atoms with Crippen molar-refractivity contribution < 1.29 is 0 Å². The van der Waals surface area contributed by atoms with Gasteiger partial charge in [0.2, 0.25) is 0 Å². The summed E-state index contributed by atoms with van der Waals surface area (Å²) >= 11 is 0. The summed E-state index contributed by atoms with van der Waals surface area (Å²) in [6.45, 7) is 10.6. The van der Waals surface area contributed by atoms with Crippen LogP contribution in [0.25, 0.3) is 0 Å². The molecule has 4 fully saturated rings. The molecule has 0 heteroatoms. The Bertz CT molecular complexity index is 136. The van der Waals surface area contributed by atoms with Gasteiger partial charge in [-0.25, -0.2) is 0 Å². The smallest absolute Gasteiger partial charge is 0.0406 e. The van der Waals surface area contributed by atoms with Gasteiger partial charge in [0.15, 0.2) is 0 Å². The van der Waals surface area contributed by atoms with Crippen LogP contribution in [0.3, 0.4) is 0 Å². The van der Waals surface area contributed by atoms with Crippen LogP contribution in [-0.4, -0.2) is 0 Å². The maximum absolute atomic E-state index is 2.22. The molecule has 102 valence electrons. The SMILES string of the molecule is C1C2CC3CC1CC(C2)C3.CC.CCC(C)C. The van der Waals surface area contributed by atoms with Crippen LogP contribution in [0.15, 0.2) is 0 Å². The Morgan fingerprint density at radius 1 is 0.706 bits per heavy atom. The van der Waals surface area contributed by atoms with Gasteiger partial charge in [0.1, 0.15) is 0 Å². The van der Waals surface area contributed by atoms with E-state index in [0.29, 0.717) is 0 Å². The van der Waals surface area contributed by atoms with E-state index in [9.17, 15) is 0 Å². The maximum Gasteiger partial charge on any atom is -0.0406 e. The summed E-state index contributed by atoms with van der Waals surface area (Å²) in [5.74, 6) is 5.59. The molecule has 0 heterocycles. The van der Waals surface area contributed by atoms with E-state index in [2.05, 4.69) is 20.8 Å². The molecule has 0 unspecified atom stereocenters. The molecule has 4 bridgehead atoms. The third-order valence-electron chi connectivity index (χ3n) is 4.82. The second-order valence-corrected chi connectivity index (χ2v) is 6.68. The lowest BCUT2D eigenvalue weighted by Gasteiger charge is -2.49. The first kappa shape index (κ1) is 15.1. The van der Waals surface area contributed by atoms with Crippen molar-refractivity contribution in [2.75, 3.05) is 0 Å². The van der Waals surface area contributed by atoms with Crippen LogP contribution in [-0.2, 0) is 0 Å². The van der Waals surface area contributed by atoms with Gasteiger partial charge in [0.25, 0.3) is 0 Å². The minimum atomic E-state index is 0.884. The molecule has 4 aliphatic carbocycles. The summed E-state index contributed by atoms with van der Waals surface area (Å²) in [6, 6.07) is 0. The average molecular weight is 238 g/mol. The zero-order valence-electron chi connectivity index (χ0n) is 12.8. The van der Waals surface area contributed by atoms with Crippen molar-refractivity contribution in [2.24, 2.45) is 29.6 Å². The topological polar surface area (TPSA) is 0 Å². The molecular formula is C17H34. The first-order valence-electron chi connectivity index (χ1n) is 8.17. The zero-order valence-corrected chi connectivity index (χ0v) is 12.8. The van der Waals surface area contributed by atoms with Gasteiger partial charge in [-0.2, -0.15) is 0 Å². The molecule has 0 aliphatic heterocycles. The minimum Gasteiger partial charge on any atom is -0.0683 e. The van der Waals surface area contributed by atoms with Crippen molar-refractivity contribution in [3.05, 3.63) is 0 Å². The Kier molecular flexibility index (Phi) is 6.59. The Balaban J connectivity index is 0.000000180. The first-order chi connectivity index (χ1) is 8.17. The largest absolute Gasteiger partial charge is 0.0683 e. The van der Waals surface area contributed by atoms with Crippen molar-refractivity contribution in [3.8, 4) is 0 Å². The maximum atomic E-state index is 2.22. The quantitative estimate of drug-likeness (QED) is 0.532. The Morgan fingerprint density at radius 3 is 1.00 bits per heavy atom. The van der Waals surface area contributed by atoms with Crippen LogP contribution < -0.4 is 0 Å². The van der Waals surface area contributed by atoms with Gasteiger partial charge in [-0.05, 0) is 68.1 Å². The zero-order chi connectivity index (χ0) is 12.8. The molecule has 0 aromatic heterocycles. The molecule has 0 radical (unpaired) electrons. The summed E-state index contributed by atoms with van der Waals surface area (Å²) in [7, 11) is 0. The summed E-state index contributed by atoms with van der Waals surface area (Å²) in [6.07, 6.45) is 10.9. The molecule has 17 heavy (non-hydrogen) atoms. The molecule has 0 aromatic rings. The highest BCUT2D eigenvalue weighted by molar-refractivity contribution is 4.92. The van der Waals surface area contributed by atoms with E-state index in [1.54, 1.807) is 38.5 Å². The fourth-order valence-electron chi connectivity index (χ4n) is 3.98. The van der Waals surface area contributed by atoms with Gasteiger partial charge < -0.3 is 0 Å². The van der Waals surface area contributed by atoms with Crippen molar-refractivity contribution in [3.63, 3.8) is 0 Å². The molecule has 0 aromatic carbocycles. The number of hydrogen-bond acceptors (Lipinski definition) is 0. The van der Waals surface area contributed by atoms with Gasteiger partial charge >= 0.3 is 0 Å². The number of rotatable bonds is 1. The molecule has 0 amide bonds. The third kappa shape index (κ3) is 4.64. The molecular weight excluding hydrogens is 204 g/mol. The van der Waals surface area contributed by atoms with E-state index < -0.39 is 0 Å². The second kappa shape index (κ2) is 7.44. The van der Waals surface area contributed by atoms with Crippen LogP contribution in [0.2, 0.25) is 0 Å². The van der Waals surface area contributed by atoms with E-state index in [0.717, 1.165) is 5.92 Å². The monoisotopic (exact) mass is 238 g/mol. The molecule has 4 aliphatic rings. The Labute approximate surface area is 110 Å². The lowest BCUT2D eigenvalue weighted by atomic mass is 9.56. The standard InChI is InChI=1S/C10H16.C5H12.C2H6/c1-7-2-9-4-8(1)5-10(3-7)6-9;1-4-5(2)3;1-2/h7-10H,1-6H2;5H,4H2,1-3H3;1-2H3. The second-order valence-electron chi connectivity index (χ2n) is 6.68. The van der Waals surface area contributed by atoms with E-state index in [1.165, 1.54) is 30.1 Å². The predicted molar refractivity (Wildman–Crippen MR) is 78.1 cm³/mol. The van der Waals surface area contributed by atoms with Gasteiger partial charge in [0, 0.05) is 0 Å². The Morgan fingerprint density at radius 2 is 0.882 bits per heavy atom. The van der Waals surface area contributed by atoms with Crippen molar-refractivity contribution >= 4 is 0 Å². The fraction of sp³-hybridized carbons (Fsp3) is 1.00. The highest BCUT2D eigenvalue weighted by Gasteiger charge is 2.41. The molecule has 0 atom stereocenters. The van der Waals surface area contributed by atoms with Gasteiger partial charge in [-0.15, -0.1) is 0 Å². The van der Waals surface area contributed by atoms with Crippen LogP contribution in [0, 0.1) is 29.6 Å². The van der Waals surface area contributed by atoms with Crippen LogP contribution in [0.1, 0.15) is 79.6 Å². The van der Waals surface area contributed by atoms with E-state index in [-0.39, 0.29) is 0 Å². The Hall–Kier alpha value is 0. The van der Waals surface area contributed by atoms with Crippen LogP contribution >= 0.6 is 0 Å². The summed E-state index contributed by atoms with van der Waals surface area (Å²) in [5.41, 5.74) is 0. The number of hydrogen-bond donors (Lipinski definition) is 0. The predicted octanol–water partition coefficient (Wildman–Crippen LogP) is 5.91. The van der Waals surface area contributed by atoms with E-state index in [4.69, 9.17) is 0 Å². The van der Waals surface area contributed by atoms with Crippen molar-refractivity contribution in [1.82, 2.24) is 0 Å². The van der Waals surface area contributed by atoms with E-state index >= 15 is 0 Å². The molecule has 4 saturated carbocycles. The normalized spacial score (nSPS) is 37.1. The molecule has 0 nitrogen and oxygen atoms in total. The molecule has 0 saturated heterocycles. The molecule has 0 N–H and O–H groups in total. The average Bonchev–Trinajstić information content (AvgIpc) is 2.30. The third-order valence-corrected chi connectivity index (χ3v) is 4.82. The minimum absolute atomic E-state index is 0.884. The highest BCUT2D eigenvalue weighted by atomic mass is 14.5. The fourth-order valence-corrected chi connectivity index (χ4v) is 3.98. The van der Waals surface area contributed by atoms with Gasteiger partial charge in [0.05, 0.1) is 0 Å². The summed E-state index contributed by atoms with van der Waals surface area (Å²) in [4.78, 5) is 0. The van der Waals surface area contributed by atoms with Gasteiger partial charge in [-0.3, -0.25) is 0 Å². The van der Waals surface area contributed by atoms with Crippen LogP contribution in [0.5, 0.6) is 0 Å². The lowest BCUT2D eigenvalue weighted by molar-refractivity contribution is 0.0198. The highest BCUT2D eigenvalue weighted by Crippen LogP contribution is 2.53. The molecule has 0 spiro atoms.